The number of carbonyl (C=O) groups is 2. The van der Waals surface area contributed by atoms with Gasteiger partial charge in [-0.3, -0.25) is 9.59 Å². The molecule has 0 aliphatic carbocycles. The van der Waals surface area contributed by atoms with Crippen LogP contribution in [0.4, 0.5) is 0 Å². The van der Waals surface area contributed by atoms with E-state index in [9.17, 15) is 9.59 Å². The molecule has 1 aliphatic heterocycles. The number of aromatic nitrogens is 4. The zero-order chi connectivity index (χ0) is 30.0. The van der Waals surface area contributed by atoms with Gasteiger partial charge < -0.3 is 19.4 Å². The molecule has 12 heteroatoms. The molecule has 0 unspecified atom stereocenters. The second kappa shape index (κ2) is 12.1. The van der Waals surface area contributed by atoms with Crippen LogP contribution in [0.25, 0.3) is 27.6 Å². The Balaban J connectivity index is 1.09. The summed E-state index contributed by atoms with van der Waals surface area (Å²) in [7, 11) is 0. The standard InChI is InChI=1S/C32H28N6O4S2/c1-43-32-36-38-18-23(33-31(38)44-32)29-35-27-24(15-8-16-25(27)42-29)41-19-22-14-9-17-37(22)30(40)26(20-10-4-2-5-11-20)34-28(39)21-12-6-3-7-13-21/h2-8,10-13,15-16,18,22,26H,9,14,17,19H2,1H3,(H,34,39)/t22-,26+/m0/s1. The molecule has 1 N–H and O–H groups in total. The number of carbonyl (C=O) groups excluding carboxylic acids is 2. The minimum absolute atomic E-state index is 0.161. The first kappa shape index (κ1) is 28.1. The lowest BCUT2D eigenvalue weighted by Gasteiger charge is -2.29. The highest BCUT2D eigenvalue weighted by atomic mass is 32.2. The predicted octanol–water partition coefficient (Wildman–Crippen LogP) is 5.86. The van der Waals surface area contributed by atoms with E-state index in [2.05, 4.69) is 15.4 Å². The number of amides is 2. The van der Waals surface area contributed by atoms with Crippen LogP contribution in [-0.4, -0.2) is 61.7 Å². The first-order valence-electron chi connectivity index (χ1n) is 14.2. The highest BCUT2D eigenvalue weighted by Gasteiger charge is 2.35. The number of imidazole rings is 1. The van der Waals surface area contributed by atoms with Crippen LogP contribution in [0.15, 0.2) is 93.8 Å². The van der Waals surface area contributed by atoms with Crippen LogP contribution in [0.1, 0.15) is 34.8 Å². The minimum Gasteiger partial charge on any atom is -0.489 e. The zero-order valence-corrected chi connectivity index (χ0v) is 25.4. The number of benzene rings is 3. The molecule has 1 saturated heterocycles. The molecule has 0 spiro atoms. The van der Waals surface area contributed by atoms with Crippen LogP contribution in [0.5, 0.6) is 5.75 Å². The number of oxazole rings is 1. The van der Waals surface area contributed by atoms with Crippen LogP contribution in [0.3, 0.4) is 0 Å². The maximum absolute atomic E-state index is 14.0. The summed E-state index contributed by atoms with van der Waals surface area (Å²) in [4.78, 5) is 39.0. The van der Waals surface area contributed by atoms with Crippen LogP contribution in [0.2, 0.25) is 0 Å². The first-order valence-corrected chi connectivity index (χ1v) is 16.3. The van der Waals surface area contributed by atoms with Gasteiger partial charge in [-0.05, 0) is 48.9 Å². The van der Waals surface area contributed by atoms with Crippen molar-refractivity contribution < 1.29 is 18.7 Å². The molecule has 1 aliphatic rings. The van der Waals surface area contributed by atoms with Crippen molar-refractivity contribution in [1.29, 1.82) is 0 Å². The van der Waals surface area contributed by atoms with Crippen molar-refractivity contribution in [1.82, 2.24) is 29.8 Å². The maximum Gasteiger partial charge on any atom is 0.252 e. The molecule has 3 aromatic heterocycles. The van der Waals surface area contributed by atoms with Crippen LogP contribution >= 0.6 is 23.1 Å². The number of likely N-dealkylation sites (tertiary alicyclic amines) is 1. The molecule has 2 amide bonds. The lowest BCUT2D eigenvalue weighted by Crippen LogP contribution is -2.46. The van der Waals surface area contributed by atoms with Crippen LogP contribution < -0.4 is 10.1 Å². The van der Waals surface area contributed by atoms with Gasteiger partial charge in [0.2, 0.25) is 16.8 Å². The monoisotopic (exact) mass is 624 g/mol. The molecular weight excluding hydrogens is 597 g/mol. The second-order valence-electron chi connectivity index (χ2n) is 10.4. The van der Waals surface area contributed by atoms with E-state index in [1.165, 1.54) is 11.3 Å². The summed E-state index contributed by atoms with van der Waals surface area (Å²) in [6, 6.07) is 22.8. The molecule has 4 heterocycles. The molecule has 1 fully saturated rings. The fourth-order valence-corrected chi connectivity index (χ4v) is 6.75. The third kappa shape index (κ3) is 5.53. The smallest absolute Gasteiger partial charge is 0.252 e. The van der Waals surface area contributed by atoms with Gasteiger partial charge in [-0.25, -0.2) is 14.5 Å². The number of nitrogens with zero attached hydrogens (tertiary/aromatic N) is 5. The zero-order valence-electron chi connectivity index (χ0n) is 23.8. The van der Waals surface area contributed by atoms with Crippen molar-refractivity contribution in [3.8, 4) is 17.3 Å². The number of fused-ring (bicyclic) bond motifs is 2. The highest BCUT2D eigenvalue weighted by Crippen LogP contribution is 2.32. The Labute approximate surface area is 261 Å². The lowest BCUT2D eigenvalue weighted by molar-refractivity contribution is -0.134. The van der Waals surface area contributed by atoms with E-state index in [1.54, 1.807) is 46.7 Å². The number of hydrogen-bond acceptors (Lipinski definition) is 9. The summed E-state index contributed by atoms with van der Waals surface area (Å²) >= 11 is 3.08. The van der Waals surface area contributed by atoms with Gasteiger partial charge in [0.1, 0.15) is 24.1 Å². The average Bonchev–Trinajstić information content (AvgIpc) is 3.86. The minimum atomic E-state index is -0.822. The Kier molecular flexibility index (Phi) is 7.75. The Morgan fingerprint density at radius 2 is 1.86 bits per heavy atom. The molecule has 2 atom stereocenters. The topological polar surface area (TPSA) is 115 Å². The van der Waals surface area contributed by atoms with E-state index < -0.39 is 6.04 Å². The summed E-state index contributed by atoms with van der Waals surface area (Å²) in [5.74, 6) is 0.493. The van der Waals surface area contributed by atoms with Gasteiger partial charge in [0.25, 0.3) is 5.91 Å². The van der Waals surface area contributed by atoms with E-state index in [0.717, 1.165) is 27.7 Å². The largest absolute Gasteiger partial charge is 0.489 e. The Bertz CT molecular complexity index is 1910. The molecular formula is C32H28N6O4S2. The molecule has 0 radical (unpaired) electrons. The van der Waals surface area contributed by atoms with Crippen LogP contribution in [-0.2, 0) is 4.79 Å². The first-order chi connectivity index (χ1) is 21.6. The van der Waals surface area contributed by atoms with Crippen molar-refractivity contribution in [3.05, 3.63) is 96.2 Å². The number of hydrogen-bond donors (Lipinski definition) is 1. The van der Waals surface area contributed by atoms with E-state index in [-0.39, 0.29) is 24.5 Å². The summed E-state index contributed by atoms with van der Waals surface area (Å²) in [6.45, 7) is 0.863. The van der Waals surface area contributed by atoms with Gasteiger partial charge in [-0.1, -0.05) is 77.7 Å². The van der Waals surface area contributed by atoms with Gasteiger partial charge in [-0.15, -0.1) is 5.10 Å². The van der Waals surface area contributed by atoms with Crippen molar-refractivity contribution in [2.75, 3.05) is 19.4 Å². The predicted molar refractivity (Wildman–Crippen MR) is 169 cm³/mol. The molecule has 222 valence electrons. The molecule has 0 saturated carbocycles. The number of rotatable bonds is 9. The van der Waals surface area contributed by atoms with Crippen LogP contribution in [0, 0.1) is 0 Å². The second-order valence-corrected chi connectivity index (χ2v) is 12.4. The van der Waals surface area contributed by atoms with E-state index in [0.29, 0.717) is 40.5 Å². The van der Waals surface area contributed by atoms with Crippen molar-refractivity contribution in [3.63, 3.8) is 0 Å². The fraction of sp³-hybridized carbons (Fsp3) is 0.219. The number of para-hydroxylation sites is 1. The van der Waals surface area contributed by atoms with Crippen molar-refractivity contribution in [2.24, 2.45) is 0 Å². The van der Waals surface area contributed by atoms with Gasteiger partial charge in [0, 0.05) is 12.1 Å². The quantitative estimate of drug-likeness (QED) is 0.199. The summed E-state index contributed by atoms with van der Waals surface area (Å²) in [5.41, 5.74) is 2.99. The lowest BCUT2D eigenvalue weighted by atomic mass is 10.0. The maximum atomic E-state index is 14.0. The summed E-state index contributed by atoms with van der Waals surface area (Å²) in [6.07, 6.45) is 5.42. The normalized spacial score (nSPS) is 15.6. The van der Waals surface area contributed by atoms with Gasteiger partial charge in [0.15, 0.2) is 15.4 Å². The molecule has 3 aromatic carbocycles. The molecule has 7 rings (SSSR count). The fourth-order valence-electron chi connectivity index (χ4n) is 5.40. The number of nitrogens with one attached hydrogen (secondary N) is 1. The van der Waals surface area contributed by atoms with Gasteiger partial charge in [-0.2, -0.15) is 0 Å². The van der Waals surface area contributed by atoms with Crippen molar-refractivity contribution in [2.45, 2.75) is 29.3 Å². The van der Waals surface area contributed by atoms with Gasteiger partial charge >= 0.3 is 0 Å². The summed E-state index contributed by atoms with van der Waals surface area (Å²) < 4.78 is 15.0. The Morgan fingerprint density at radius 1 is 1.07 bits per heavy atom. The van der Waals surface area contributed by atoms with Crippen molar-refractivity contribution >= 4 is 51.0 Å². The SMILES string of the molecule is CSc1nn2cc(-c3nc4c(OC[C@@H]5CCCN5C(=O)[C@H](NC(=O)c5ccccc5)c5ccccc5)cccc4o3)nc2s1. The van der Waals surface area contributed by atoms with E-state index in [1.807, 2.05) is 65.8 Å². The third-order valence-electron chi connectivity index (χ3n) is 7.58. The highest BCUT2D eigenvalue weighted by molar-refractivity contribution is 8.00. The van der Waals surface area contributed by atoms with E-state index >= 15 is 0 Å². The summed E-state index contributed by atoms with van der Waals surface area (Å²) in [5, 5.41) is 7.46. The third-order valence-corrected chi connectivity index (χ3v) is 9.48. The average molecular weight is 625 g/mol. The Morgan fingerprint density at radius 3 is 2.64 bits per heavy atom. The molecule has 10 nitrogen and oxygen atoms in total. The Hall–Kier alpha value is -4.68. The number of thioether (sulfide) groups is 1. The molecule has 44 heavy (non-hydrogen) atoms. The molecule has 6 aromatic rings. The number of ether oxygens (including phenoxy) is 1. The van der Waals surface area contributed by atoms with Gasteiger partial charge in [0.05, 0.1) is 12.2 Å². The molecule has 0 bridgehead atoms. The van der Waals surface area contributed by atoms with E-state index in [4.69, 9.17) is 14.1 Å².